The van der Waals surface area contributed by atoms with E-state index < -0.39 is 11.7 Å². The Morgan fingerprint density at radius 2 is 1.45 bits per heavy atom. The maximum Gasteiger partial charge on any atom is 0.416 e. The highest BCUT2D eigenvalue weighted by Crippen LogP contribution is 2.29. The Bertz CT molecular complexity index is 760. The molecule has 0 saturated carbocycles. The number of hydrogen-bond donors (Lipinski definition) is 0. The summed E-state index contributed by atoms with van der Waals surface area (Å²) >= 11 is 0. The largest absolute Gasteiger partial charge is 1.00 e. The van der Waals surface area contributed by atoms with Crippen LogP contribution in [0.15, 0.2) is 48.5 Å². The fraction of sp³-hybridized carbons (Fsp3) is 0.391. The average Bonchev–Trinajstić information content (AvgIpc) is 2.70. The van der Waals surface area contributed by atoms with Gasteiger partial charge in [0, 0.05) is 0 Å². The van der Waals surface area contributed by atoms with E-state index in [1.165, 1.54) is 6.07 Å². The van der Waals surface area contributed by atoms with E-state index in [1.807, 2.05) is 24.3 Å². The van der Waals surface area contributed by atoms with Crippen LogP contribution in [-0.4, -0.2) is 37.3 Å². The van der Waals surface area contributed by atoms with E-state index in [4.69, 9.17) is 4.74 Å². The quantitative estimate of drug-likeness (QED) is 0.281. The van der Waals surface area contributed by atoms with Gasteiger partial charge in [0.25, 0.3) is 0 Å². The second-order valence-electron chi connectivity index (χ2n) is 6.89. The second-order valence-corrected chi connectivity index (χ2v) is 6.89. The van der Waals surface area contributed by atoms with Crippen molar-refractivity contribution >= 4 is 12.2 Å². The molecule has 0 heterocycles. The maximum atomic E-state index is 12.8. The number of halogens is 4. The first-order valence-corrected chi connectivity index (χ1v) is 9.75. The Morgan fingerprint density at radius 3 is 2.00 bits per heavy atom. The Labute approximate surface area is 189 Å². The van der Waals surface area contributed by atoms with E-state index in [0.717, 1.165) is 54.1 Å². The molecular formula is C23H29F3INO. The first-order chi connectivity index (χ1) is 13.3. The summed E-state index contributed by atoms with van der Waals surface area (Å²) in [6, 6.07) is 12.9. The highest BCUT2D eigenvalue weighted by atomic mass is 127. The van der Waals surface area contributed by atoms with Gasteiger partial charge in [0.15, 0.2) is 0 Å². The van der Waals surface area contributed by atoms with Crippen LogP contribution in [0.3, 0.4) is 0 Å². The molecule has 2 rings (SSSR count). The van der Waals surface area contributed by atoms with Gasteiger partial charge in [-0.3, -0.25) is 0 Å². The van der Waals surface area contributed by atoms with Crippen molar-refractivity contribution in [2.45, 2.75) is 26.9 Å². The van der Waals surface area contributed by atoms with Crippen LogP contribution in [0, 0.1) is 0 Å². The van der Waals surface area contributed by atoms with Crippen molar-refractivity contribution in [1.82, 2.24) is 0 Å². The number of alkyl halides is 3. The summed E-state index contributed by atoms with van der Waals surface area (Å²) in [6.45, 7) is 11.5. The van der Waals surface area contributed by atoms with Crippen LogP contribution in [-0.2, 0) is 6.18 Å². The number of rotatable bonds is 9. The number of hydrogen-bond acceptors (Lipinski definition) is 1. The molecule has 0 amide bonds. The molecule has 2 aromatic rings. The van der Waals surface area contributed by atoms with Crippen molar-refractivity contribution < 1.29 is 46.4 Å². The average molecular weight is 519 g/mol. The highest BCUT2D eigenvalue weighted by Gasteiger charge is 2.30. The maximum absolute atomic E-state index is 12.8. The van der Waals surface area contributed by atoms with Crippen LogP contribution < -0.4 is 28.7 Å². The Balaban J connectivity index is 0.00000420. The second kappa shape index (κ2) is 11.6. The third-order valence-electron chi connectivity index (χ3n) is 5.41. The molecule has 0 aromatic heterocycles. The predicted molar refractivity (Wildman–Crippen MR) is 109 cm³/mol. The molecule has 0 N–H and O–H groups in total. The minimum absolute atomic E-state index is 0. The number of nitrogens with zero attached hydrogens (tertiary/aromatic N) is 1. The van der Waals surface area contributed by atoms with Gasteiger partial charge in [-0.25, -0.2) is 0 Å². The van der Waals surface area contributed by atoms with Gasteiger partial charge in [0.1, 0.15) is 18.9 Å². The van der Waals surface area contributed by atoms with E-state index >= 15 is 0 Å². The standard InChI is InChI=1S/C23H29F3NO.HI/c1-4-27(5-2,6-3)16-17-28-22-14-12-19(13-15-22)10-11-20-8-7-9-21(18-20)23(24,25)26;/h7-15,18H,4-6,16-17H2,1-3H3;1H/q+1;/p-1/b11-10+;. The Morgan fingerprint density at radius 1 is 0.862 bits per heavy atom. The molecule has 0 atom stereocenters. The fourth-order valence-electron chi connectivity index (χ4n) is 3.19. The van der Waals surface area contributed by atoms with Gasteiger partial charge in [-0.1, -0.05) is 36.4 Å². The molecule has 29 heavy (non-hydrogen) atoms. The third-order valence-corrected chi connectivity index (χ3v) is 5.41. The fourth-order valence-corrected chi connectivity index (χ4v) is 3.19. The summed E-state index contributed by atoms with van der Waals surface area (Å²) in [7, 11) is 0. The van der Waals surface area contributed by atoms with Crippen molar-refractivity contribution in [3.8, 4) is 5.75 Å². The molecule has 0 unspecified atom stereocenters. The minimum atomic E-state index is -4.33. The summed E-state index contributed by atoms with van der Waals surface area (Å²) in [4.78, 5) is 0. The van der Waals surface area contributed by atoms with Gasteiger partial charge in [-0.2, -0.15) is 13.2 Å². The molecule has 0 saturated heterocycles. The zero-order chi connectivity index (χ0) is 20.6. The van der Waals surface area contributed by atoms with Gasteiger partial charge in [0.2, 0.25) is 0 Å². The molecule has 0 aliphatic rings. The molecular weight excluding hydrogens is 490 g/mol. The van der Waals surface area contributed by atoms with Gasteiger partial charge in [0.05, 0.1) is 25.2 Å². The van der Waals surface area contributed by atoms with Crippen LogP contribution in [0.5, 0.6) is 5.75 Å². The van der Waals surface area contributed by atoms with Gasteiger partial charge >= 0.3 is 6.18 Å². The third kappa shape index (κ3) is 7.66. The van der Waals surface area contributed by atoms with Crippen molar-refractivity contribution in [3.63, 3.8) is 0 Å². The minimum Gasteiger partial charge on any atom is -1.00 e. The van der Waals surface area contributed by atoms with E-state index in [-0.39, 0.29) is 24.0 Å². The summed E-state index contributed by atoms with van der Waals surface area (Å²) in [6.07, 6.45) is -0.848. The van der Waals surface area contributed by atoms with E-state index in [0.29, 0.717) is 12.2 Å². The topological polar surface area (TPSA) is 9.23 Å². The van der Waals surface area contributed by atoms with Crippen LogP contribution in [0.4, 0.5) is 13.2 Å². The molecule has 0 aliphatic carbocycles. The summed E-state index contributed by atoms with van der Waals surface area (Å²) in [5.74, 6) is 0.803. The van der Waals surface area contributed by atoms with Crippen molar-refractivity contribution in [2.75, 3.05) is 32.8 Å². The Hall–Kier alpha value is -1.54. The van der Waals surface area contributed by atoms with Crippen molar-refractivity contribution in [3.05, 3.63) is 65.2 Å². The molecule has 0 aliphatic heterocycles. The smallest absolute Gasteiger partial charge is 0.416 e. The lowest BCUT2D eigenvalue weighted by atomic mass is 10.1. The highest BCUT2D eigenvalue weighted by molar-refractivity contribution is 5.70. The molecule has 6 heteroatoms. The first kappa shape index (κ1) is 25.5. The summed E-state index contributed by atoms with van der Waals surface area (Å²) in [5, 5.41) is 0. The number of likely N-dealkylation sites (N-methyl/N-ethyl adjacent to an activating group) is 1. The van der Waals surface area contributed by atoms with Crippen LogP contribution in [0.2, 0.25) is 0 Å². The number of quaternary nitrogens is 1. The van der Waals surface area contributed by atoms with Crippen molar-refractivity contribution in [1.29, 1.82) is 0 Å². The van der Waals surface area contributed by atoms with Crippen LogP contribution >= 0.6 is 0 Å². The lowest BCUT2D eigenvalue weighted by molar-refractivity contribution is -0.923. The SMILES string of the molecule is CC[N+](CC)(CC)CCOc1ccc(/C=C/c2cccc(C(F)(F)F)c2)cc1.[I-]. The molecule has 0 spiro atoms. The molecule has 0 bridgehead atoms. The lowest BCUT2D eigenvalue weighted by Crippen LogP contribution is -3.00. The van der Waals surface area contributed by atoms with Crippen LogP contribution in [0.25, 0.3) is 12.2 Å². The zero-order valence-corrected chi connectivity index (χ0v) is 19.3. The van der Waals surface area contributed by atoms with E-state index in [2.05, 4.69) is 20.8 Å². The first-order valence-electron chi connectivity index (χ1n) is 9.75. The molecule has 0 fully saturated rings. The van der Waals surface area contributed by atoms with Crippen molar-refractivity contribution in [2.24, 2.45) is 0 Å². The molecule has 0 radical (unpaired) electrons. The zero-order valence-electron chi connectivity index (χ0n) is 17.2. The van der Waals surface area contributed by atoms with E-state index in [1.54, 1.807) is 18.2 Å². The van der Waals surface area contributed by atoms with Gasteiger partial charge < -0.3 is 33.2 Å². The van der Waals surface area contributed by atoms with E-state index in [9.17, 15) is 13.2 Å². The summed E-state index contributed by atoms with van der Waals surface area (Å²) < 4.78 is 45.3. The number of ether oxygens (including phenoxy) is 1. The van der Waals surface area contributed by atoms with Gasteiger partial charge in [-0.05, 0) is 56.2 Å². The normalized spacial score (nSPS) is 12.1. The lowest BCUT2D eigenvalue weighted by Gasteiger charge is -2.35. The molecule has 160 valence electrons. The molecule has 2 aromatic carbocycles. The molecule has 2 nitrogen and oxygen atoms in total. The monoisotopic (exact) mass is 519 g/mol. The predicted octanol–water partition coefficient (Wildman–Crippen LogP) is 3.14. The summed E-state index contributed by atoms with van der Waals surface area (Å²) in [5.41, 5.74) is 0.785. The number of benzene rings is 2. The van der Waals surface area contributed by atoms with Gasteiger partial charge in [-0.15, -0.1) is 0 Å². The van der Waals surface area contributed by atoms with Crippen LogP contribution in [0.1, 0.15) is 37.5 Å². The Kier molecular flexibility index (Phi) is 10.2.